The molecule has 0 amide bonds. The van der Waals surface area contributed by atoms with Gasteiger partial charge in [0.25, 0.3) is 0 Å². The molecule has 0 bridgehead atoms. The number of aliphatic hydroxyl groups is 1. The number of ether oxygens (including phenoxy) is 1. The maximum Gasteiger partial charge on any atom is 0.234 e. The highest BCUT2D eigenvalue weighted by Gasteiger charge is 2.10. The van der Waals surface area contributed by atoms with Crippen molar-refractivity contribution in [3.63, 3.8) is 0 Å². The van der Waals surface area contributed by atoms with Gasteiger partial charge >= 0.3 is 0 Å². The van der Waals surface area contributed by atoms with Gasteiger partial charge in [-0.05, 0) is 26.0 Å². The average Bonchev–Trinajstić information content (AvgIpc) is 2.82. The maximum atomic E-state index is 10.0. The van der Waals surface area contributed by atoms with Crippen LogP contribution in [-0.4, -0.2) is 27.7 Å². The van der Waals surface area contributed by atoms with Crippen molar-refractivity contribution >= 4 is 28.8 Å². The van der Waals surface area contributed by atoms with E-state index < -0.39 is 6.10 Å². The Morgan fingerprint density at radius 3 is 2.85 bits per heavy atom. The molecule has 0 aliphatic rings. The van der Waals surface area contributed by atoms with Gasteiger partial charge in [0.05, 0.1) is 22.8 Å². The van der Waals surface area contributed by atoms with Crippen molar-refractivity contribution in [3.05, 3.63) is 33.7 Å². The lowest BCUT2D eigenvalue weighted by Crippen LogP contribution is -2.13. The number of nitrogens with one attached hydrogen (secondary N) is 1. The molecule has 0 aromatic carbocycles. The molecule has 2 rings (SSSR count). The Morgan fingerprint density at radius 2 is 2.20 bits per heavy atom. The monoisotopic (exact) mass is 313 g/mol. The Labute approximate surface area is 126 Å². The van der Waals surface area contributed by atoms with Crippen molar-refractivity contribution in [1.82, 2.24) is 9.97 Å². The van der Waals surface area contributed by atoms with E-state index in [-0.39, 0.29) is 6.10 Å². The van der Waals surface area contributed by atoms with Gasteiger partial charge in [0, 0.05) is 11.4 Å². The Hall–Kier alpha value is -1.37. The third kappa shape index (κ3) is 4.33. The van der Waals surface area contributed by atoms with Crippen LogP contribution in [0.1, 0.15) is 24.8 Å². The topological polar surface area (TPSA) is 67.3 Å². The molecule has 0 fully saturated rings. The molecule has 0 saturated carbocycles. The lowest BCUT2D eigenvalue weighted by molar-refractivity contribution is 0.195. The highest BCUT2D eigenvalue weighted by Crippen LogP contribution is 2.27. The number of anilines is 1. The van der Waals surface area contributed by atoms with Crippen LogP contribution in [0, 0.1) is 0 Å². The van der Waals surface area contributed by atoms with Gasteiger partial charge in [-0.25, -0.2) is 0 Å². The standard InChI is InChI=1S/C13H16ClN3O2S/c1-8(2)19-13-7-15-6-12(17-13)16-5-9(18)10-3-4-11(14)20-10/h3-4,6-9,18H,5H2,1-2H3,(H,16,17). The Kier molecular flexibility index (Phi) is 5.17. The van der Waals surface area contributed by atoms with E-state index in [1.54, 1.807) is 18.5 Å². The molecule has 1 atom stereocenters. The molecule has 108 valence electrons. The summed E-state index contributed by atoms with van der Waals surface area (Å²) in [5, 5.41) is 13.0. The molecular weight excluding hydrogens is 298 g/mol. The second kappa shape index (κ2) is 6.88. The second-order valence-electron chi connectivity index (χ2n) is 4.45. The predicted molar refractivity (Wildman–Crippen MR) is 80.6 cm³/mol. The van der Waals surface area contributed by atoms with E-state index in [1.165, 1.54) is 11.3 Å². The Balaban J connectivity index is 1.93. The van der Waals surface area contributed by atoms with Crippen LogP contribution in [0.2, 0.25) is 4.34 Å². The zero-order chi connectivity index (χ0) is 14.5. The van der Waals surface area contributed by atoms with Gasteiger partial charge in [0.15, 0.2) is 0 Å². The first-order valence-electron chi connectivity index (χ1n) is 6.20. The predicted octanol–water partition coefficient (Wildman–Crippen LogP) is 3.12. The van der Waals surface area contributed by atoms with E-state index >= 15 is 0 Å². The summed E-state index contributed by atoms with van der Waals surface area (Å²) in [5.41, 5.74) is 0. The molecule has 2 N–H and O–H groups in total. The molecule has 0 saturated heterocycles. The minimum absolute atomic E-state index is 0.0402. The molecule has 0 spiro atoms. The molecule has 7 heteroatoms. The van der Waals surface area contributed by atoms with Crippen LogP contribution in [0.4, 0.5) is 5.82 Å². The quantitative estimate of drug-likeness (QED) is 0.857. The lowest BCUT2D eigenvalue weighted by atomic mass is 10.3. The number of hydrogen-bond donors (Lipinski definition) is 2. The third-order valence-electron chi connectivity index (χ3n) is 2.37. The first-order valence-corrected chi connectivity index (χ1v) is 7.40. The highest BCUT2D eigenvalue weighted by atomic mass is 35.5. The van der Waals surface area contributed by atoms with Gasteiger partial charge < -0.3 is 15.2 Å². The normalized spacial score (nSPS) is 12.4. The molecule has 2 aromatic rings. The number of nitrogens with zero attached hydrogens (tertiary/aromatic N) is 2. The van der Waals surface area contributed by atoms with Gasteiger partial charge in [0.2, 0.25) is 5.88 Å². The van der Waals surface area contributed by atoms with E-state index in [9.17, 15) is 5.11 Å². The summed E-state index contributed by atoms with van der Waals surface area (Å²) in [6.45, 7) is 4.18. The fourth-order valence-corrected chi connectivity index (χ4v) is 2.59. The van der Waals surface area contributed by atoms with E-state index in [4.69, 9.17) is 16.3 Å². The van der Waals surface area contributed by atoms with Crippen molar-refractivity contribution in [1.29, 1.82) is 0 Å². The summed E-state index contributed by atoms with van der Waals surface area (Å²) in [6, 6.07) is 3.57. The second-order valence-corrected chi connectivity index (χ2v) is 6.19. The van der Waals surface area contributed by atoms with Crippen LogP contribution < -0.4 is 10.1 Å². The summed E-state index contributed by atoms with van der Waals surface area (Å²) in [5.74, 6) is 1.02. The summed E-state index contributed by atoms with van der Waals surface area (Å²) in [7, 11) is 0. The van der Waals surface area contributed by atoms with Crippen LogP contribution >= 0.6 is 22.9 Å². The van der Waals surface area contributed by atoms with Gasteiger partial charge in [-0.1, -0.05) is 11.6 Å². The van der Waals surface area contributed by atoms with Gasteiger partial charge in [0.1, 0.15) is 11.9 Å². The van der Waals surface area contributed by atoms with Crippen LogP contribution in [0.25, 0.3) is 0 Å². The minimum Gasteiger partial charge on any atom is -0.474 e. The number of aromatic nitrogens is 2. The van der Waals surface area contributed by atoms with Crippen LogP contribution in [0.3, 0.4) is 0 Å². The SMILES string of the molecule is CC(C)Oc1cncc(NCC(O)c2ccc(Cl)s2)n1. The number of aliphatic hydroxyl groups excluding tert-OH is 1. The van der Waals surface area contributed by atoms with Crippen LogP contribution in [0.5, 0.6) is 5.88 Å². The summed E-state index contributed by atoms with van der Waals surface area (Å²) < 4.78 is 6.12. The zero-order valence-electron chi connectivity index (χ0n) is 11.2. The van der Waals surface area contributed by atoms with Crippen LogP contribution in [0.15, 0.2) is 24.5 Å². The lowest BCUT2D eigenvalue weighted by Gasteiger charge is -2.12. The average molecular weight is 314 g/mol. The zero-order valence-corrected chi connectivity index (χ0v) is 12.8. The van der Waals surface area contributed by atoms with Crippen molar-refractivity contribution in [2.45, 2.75) is 26.1 Å². The molecule has 0 aliphatic carbocycles. The smallest absolute Gasteiger partial charge is 0.234 e. The molecule has 0 aliphatic heterocycles. The fraction of sp³-hybridized carbons (Fsp3) is 0.385. The van der Waals surface area contributed by atoms with Crippen molar-refractivity contribution in [2.75, 3.05) is 11.9 Å². The molecule has 20 heavy (non-hydrogen) atoms. The molecule has 1 unspecified atom stereocenters. The molecule has 2 heterocycles. The van der Waals surface area contributed by atoms with E-state index in [2.05, 4.69) is 15.3 Å². The largest absolute Gasteiger partial charge is 0.474 e. The van der Waals surface area contributed by atoms with Gasteiger partial charge in [-0.2, -0.15) is 4.98 Å². The minimum atomic E-state index is -0.635. The molecule has 5 nitrogen and oxygen atoms in total. The van der Waals surface area contributed by atoms with Crippen LogP contribution in [-0.2, 0) is 0 Å². The van der Waals surface area contributed by atoms with Gasteiger partial charge in [-0.15, -0.1) is 11.3 Å². The van der Waals surface area contributed by atoms with Crippen molar-refractivity contribution < 1.29 is 9.84 Å². The summed E-state index contributed by atoms with van der Waals surface area (Å²) in [4.78, 5) is 9.11. The van der Waals surface area contributed by atoms with Crippen molar-refractivity contribution in [2.24, 2.45) is 0 Å². The molecule has 2 aromatic heterocycles. The number of thiophene rings is 1. The maximum absolute atomic E-state index is 10.0. The van der Waals surface area contributed by atoms with E-state index in [0.717, 1.165) is 4.88 Å². The molecular formula is C13H16ClN3O2S. The third-order valence-corrected chi connectivity index (χ3v) is 3.70. The molecule has 0 radical (unpaired) electrons. The Morgan fingerprint density at radius 1 is 1.40 bits per heavy atom. The number of hydrogen-bond acceptors (Lipinski definition) is 6. The van der Waals surface area contributed by atoms with Gasteiger partial charge in [-0.3, -0.25) is 4.98 Å². The highest BCUT2D eigenvalue weighted by molar-refractivity contribution is 7.16. The van der Waals surface area contributed by atoms with Crippen molar-refractivity contribution in [3.8, 4) is 5.88 Å². The number of rotatable bonds is 6. The van der Waals surface area contributed by atoms with E-state index in [1.807, 2.05) is 19.9 Å². The Bertz CT molecular complexity index is 562. The van der Waals surface area contributed by atoms with E-state index in [0.29, 0.717) is 22.6 Å². The first-order chi connectivity index (χ1) is 9.54. The summed E-state index contributed by atoms with van der Waals surface area (Å²) in [6.07, 6.45) is 2.55. The number of halogens is 1. The fourth-order valence-electron chi connectivity index (χ4n) is 1.54. The first kappa shape index (κ1) is 15.0. The summed E-state index contributed by atoms with van der Waals surface area (Å²) >= 11 is 7.20.